The first-order chi connectivity index (χ1) is 26.5. The first-order valence-electron chi connectivity index (χ1n) is 20.0. The third-order valence-electron chi connectivity index (χ3n) is 10.4. The van der Waals surface area contributed by atoms with Crippen molar-refractivity contribution < 1.29 is 4.74 Å². The number of nitrogens with zero attached hydrogens (tertiary/aromatic N) is 1. The Morgan fingerprint density at radius 1 is 0.607 bits per heavy atom. The summed E-state index contributed by atoms with van der Waals surface area (Å²) >= 11 is 11.4. The van der Waals surface area contributed by atoms with Gasteiger partial charge in [-0.25, -0.2) is 0 Å². The third-order valence-corrected chi connectivity index (χ3v) is 18.3. The van der Waals surface area contributed by atoms with Crippen molar-refractivity contribution in [3.63, 3.8) is 0 Å². The lowest BCUT2D eigenvalue weighted by atomic mass is 9.88. The minimum Gasteiger partial charge on any atom is -0.492 e. The normalized spacial score (nSPS) is 12.7. The molecule has 0 atom stereocenters. The number of rotatable bonds is 13. The van der Waals surface area contributed by atoms with Gasteiger partial charge in [0.2, 0.25) is 0 Å². The van der Waals surface area contributed by atoms with Crippen LogP contribution < -0.4 is 4.74 Å². The number of nitriles is 1. The molecule has 0 bridgehead atoms. The predicted molar refractivity (Wildman–Crippen MR) is 255 cm³/mol. The van der Waals surface area contributed by atoms with Gasteiger partial charge < -0.3 is 4.74 Å². The summed E-state index contributed by atoms with van der Waals surface area (Å²) in [5.41, 5.74) is 3.55. The van der Waals surface area contributed by atoms with E-state index in [1.165, 1.54) is 70.3 Å². The van der Waals surface area contributed by atoms with Gasteiger partial charge in [0.25, 0.3) is 0 Å². The molecule has 56 heavy (non-hydrogen) atoms. The largest absolute Gasteiger partial charge is 0.492 e. The minimum absolute atomic E-state index is 0.000791. The molecule has 0 aliphatic carbocycles. The van der Waals surface area contributed by atoms with Gasteiger partial charge in [-0.05, 0) is 90.3 Å². The van der Waals surface area contributed by atoms with E-state index >= 15 is 0 Å². The molecule has 0 N–H and O–H groups in total. The highest BCUT2D eigenvalue weighted by molar-refractivity contribution is 7.30. The second kappa shape index (κ2) is 16.1. The fourth-order valence-corrected chi connectivity index (χ4v) is 14.8. The molecule has 6 aromatic heterocycles. The molecule has 0 amide bonds. The predicted octanol–water partition coefficient (Wildman–Crippen LogP) is 17.3. The van der Waals surface area contributed by atoms with E-state index in [0.29, 0.717) is 24.4 Å². The van der Waals surface area contributed by atoms with Gasteiger partial charge in [0.1, 0.15) is 11.8 Å². The van der Waals surface area contributed by atoms with E-state index in [9.17, 15) is 5.26 Å². The van der Waals surface area contributed by atoms with Gasteiger partial charge in [-0.3, -0.25) is 0 Å². The highest BCUT2D eigenvalue weighted by atomic mass is 32.1. The maximum Gasteiger partial charge on any atom is 0.139 e. The molecule has 0 saturated carbocycles. The van der Waals surface area contributed by atoms with Crippen molar-refractivity contribution in [2.24, 2.45) is 17.8 Å². The SMILES string of the molecule is CCC(C)(C)c1cc(C#N)c(-c2sc(-c3cc4c(-c5ccc(CC(C)C)s5)c5sc(C(C)(C)C)cc5c(-c5ccc(CC(C)C)s5)c4s3)cc2OCC(C)C)s1. The second-order valence-corrected chi connectivity index (χ2v) is 24.7. The van der Waals surface area contributed by atoms with E-state index < -0.39 is 0 Å². The van der Waals surface area contributed by atoms with Crippen LogP contribution in [0.15, 0.2) is 48.5 Å². The summed E-state index contributed by atoms with van der Waals surface area (Å²) in [4.78, 5) is 12.8. The van der Waals surface area contributed by atoms with Gasteiger partial charge in [0, 0.05) is 76.4 Å². The summed E-state index contributed by atoms with van der Waals surface area (Å²) in [6.45, 7) is 28.1. The summed E-state index contributed by atoms with van der Waals surface area (Å²) in [5.74, 6) is 2.50. The molecule has 6 heterocycles. The van der Waals surface area contributed by atoms with Crippen LogP contribution in [-0.4, -0.2) is 6.61 Å². The number of fused-ring (bicyclic) bond motifs is 2. The Balaban J connectivity index is 1.51. The highest BCUT2D eigenvalue weighted by Crippen LogP contribution is 2.56. The van der Waals surface area contributed by atoms with Crippen molar-refractivity contribution in [3.05, 3.63) is 73.6 Å². The fourth-order valence-electron chi connectivity index (χ4n) is 6.97. The Labute approximate surface area is 358 Å². The molecule has 0 aliphatic rings. The molecule has 0 radical (unpaired) electrons. The van der Waals surface area contributed by atoms with Crippen molar-refractivity contribution in [2.75, 3.05) is 6.61 Å². The van der Waals surface area contributed by atoms with Crippen LogP contribution in [0.5, 0.6) is 5.75 Å². The summed E-state index contributed by atoms with van der Waals surface area (Å²) in [6, 6.07) is 21.4. The summed E-state index contributed by atoms with van der Waals surface area (Å²) in [7, 11) is 0. The molecular weight excluding hydrogens is 799 g/mol. The van der Waals surface area contributed by atoms with Crippen LogP contribution in [0.4, 0.5) is 0 Å². The minimum atomic E-state index is -0.000791. The molecule has 8 heteroatoms. The van der Waals surface area contributed by atoms with Gasteiger partial charge in [-0.1, -0.05) is 83.1 Å². The van der Waals surface area contributed by atoms with Crippen LogP contribution in [-0.2, 0) is 23.7 Å². The lowest BCUT2D eigenvalue weighted by Crippen LogP contribution is -2.12. The highest BCUT2D eigenvalue weighted by Gasteiger charge is 2.29. The van der Waals surface area contributed by atoms with Crippen molar-refractivity contribution in [3.8, 4) is 52.2 Å². The average Bonchev–Trinajstić information content (AvgIpc) is 3.96. The van der Waals surface area contributed by atoms with Gasteiger partial charge in [0.05, 0.1) is 21.9 Å². The van der Waals surface area contributed by atoms with Crippen LogP contribution >= 0.6 is 68.0 Å². The third kappa shape index (κ3) is 8.24. The lowest BCUT2D eigenvalue weighted by molar-refractivity contribution is 0.273. The number of ether oxygens (including phenoxy) is 1. The summed E-state index contributed by atoms with van der Waals surface area (Å²) in [5, 5.41) is 13.1. The fraction of sp³-hybridized carbons (Fsp3) is 0.438. The van der Waals surface area contributed by atoms with E-state index in [2.05, 4.69) is 138 Å². The van der Waals surface area contributed by atoms with Gasteiger partial charge in [0.15, 0.2) is 0 Å². The quantitative estimate of drug-likeness (QED) is 0.116. The van der Waals surface area contributed by atoms with Crippen molar-refractivity contribution in [1.29, 1.82) is 5.26 Å². The van der Waals surface area contributed by atoms with Crippen LogP contribution in [0, 0.1) is 29.1 Å². The van der Waals surface area contributed by atoms with Crippen LogP contribution in [0.2, 0.25) is 0 Å². The molecular formula is C48H55NOS6. The average molecular weight is 854 g/mol. The smallest absolute Gasteiger partial charge is 0.139 e. The van der Waals surface area contributed by atoms with Crippen molar-refractivity contribution >= 4 is 88.2 Å². The molecule has 294 valence electrons. The van der Waals surface area contributed by atoms with Gasteiger partial charge in [-0.15, -0.1) is 68.0 Å². The monoisotopic (exact) mass is 853 g/mol. The Kier molecular flexibility index (Phi) is 11.9. The molecule has 1 aromatic carbocycles. The van der Waals surface area contributed by atoms with Gasteiger partial charge in [-0.2, -0.15) is 5.26 Å². The summed E-state index contributed by atoms with van der Waals surface area (Å²) in [6.07, 6.45) is 3.20. The first-order valence-corrected chi connectivity index (χ1v) is 24.9. The molecule has 7 rings (SSSR count). The molecule has 0 unspecified atom stereocenters. The number of benzene rings is 1. The Bertz CT molecular complexity index is 2440. The van der Waals surface area contributed by atoms with E-state index in [1.807, 2.05) is 45.3 Å². The van der Waals surface area contributed by atoms with Crippen molar-refractivity contribution in [2.45, 2.75) is 113 Å². The summed E-state index contributed by atoms with van der Waals surface area (Å²) < 4.78 is 9.37. The van der Waals surface area contributed by atoms with Crippen molar-refractivity contribution in [1.82, 2.24) is 0 Å². The Morgan fingerprint density at radius 3 is 1.71 bits per heavy atom. The Morgan fingerprint density at radius 2 is 1.18 bits per heavy atom. The Hall–Kier alpha value is -2.77. The number of hydrogen-bond donors (Lipinski definition) is 0. The second-order valence-electron chi connectivity index (χ2n) is 18.1. The zero-order valence-corrected chi connectivity index (χ0v) is 39.9. The molecule has 0 fully saturated rings. The topological polar surface area (TPSA) is 33.0 Å². The number of thiophene rings is 6. The van der Waals surface area contributed by atoms with E-state index in [0.717, 1.165) is 40.3 Å². The maximum atomic E-state index is 10.4. The van der Waals surface area contributed by atoms with Crippen LogP contribution in [0.1, 0.15) is 115 Å². The zero-order chi connectivity index (χ0) is 40.3. The molecule has 0 spiro atoms. The maximum absolute atomic E-state index is 10.4. The van der Waals surface area contributed by atoms with Crippen LogP contribution in [0.25, 0.3) is 60.6 Å². The zero-order valence-electron chi connectivity index (χ0n) is 35.0. The van der Waals surface area contributed by atoms with E-state index in [4.69, 9.17) is 4.74 Å². The van der Waals surface area contributed by atoms with Crippen LogP contribution in [0.3, 0.4) is 0 Å². The van der Waals surface area contributed by atoms with E-state index in [1.54, 1.807) is 22.7 Å². The van der Waals surface area contributed by atoms with E-state index in [-0.39, 0.29) is 10.8 Å². The molecule has 0 saturated heterocycles. The van der Waals surface area contributed by atoms with Gasteiger partial charge >= 0.3 is 0 Å². The molecule has 7 aromatic rings. The lowest BCUT2D eigenvalue weighted by Gasteiger charge is -2.20. The molecule has 0 aliphatic heterocycles. The first kappa shape index (κ1) is 41.4. The standard InChI is InChI=1S/C48H55NOS6/c1-13-48(11,12)40-20-29(24-49)43(56-40)46-34(50-25-28(6)7)23-38(54-46)37-21-32-41(35-16-14-30(51-35)18-26(2)3)45-33(22-39(55-45)47(8,9)10)42(44(32)53-37)36-17-15-31(52-36)19-27(4)5/h14-17,20-23,26-28H,13,18-19,25H2,1-12H3. The molecule has 2 nitrogen and oxygen atoms in total. The number of hydrogen-bond acceptors (Lipinski definition) is 8.